The molecule has 1 aromatic carbocycles. The second-order valence-electron chi connectivity index (χ2n) is 6.09. The highest BCUT2D eigenvalue weighted by Crippen LogP contribution is 2.50. The lowest BCUT2D eigenvalue weighted by Crippen LogP contribution is -2.35. The Hall–Kier alpha value is -1.76. The van der Waals surface area contributed by atoms with Gasteiger partial charge in [0.1, 0.15) is 5.75 Å². The molecule has 0 aliphatic heterocycles. The number of ether oxygens (including phenoxy) is 1. The minimum absolute atomic E-state index is 0.0196. The van der Waals surface area contributed by atoms with E-state index < -0.39 is 12.5 Å². The second-order valence-corrected chi connectivity index (χ2v) is 6.09. The van der Waals surface area contributed by atoms with E-state index in [0.717, 1.165) is 0 Å². The normalized spacial score (nSPS) is 21.9. The largest absolute Gasteiger partial charge is 0.573 e. The number of rotatable bonds is 6. The summed E-state index contributed by atoms with van der Waals surface area (Å²) in [7, 11) is 0. The van der Waals surface area contributed by atoms with Crippen molar-refractivity contribution in [1.29, 1.82) is 0 Å². The Bertz CT molecular complexity index is 560. The predicted octanol–water partition coefficient (Wildman–Crippen LogP) is 2.82. The van der Waals surface area contributed by atoms with Crippen LogP contribution in [0.15, 0.2) is 24.3 Å². The third-order valence-electron chi connectivity index (χ3n) is 3.93. The summed E-state index contributed by atoms with van der Waals surface area (Å²) < 4.78 is 41.3. The molecule has 1 aromatic rings. The van der Waals surface area contributed by atoms with Crippen molar-refractivity contribution in [2.75, 3.05) is 6.54 Å². The van der Waals surface area contributed by atoms with Crippen LogP contribution in [-0.2, 0) is 4.79 Å². The summed E-state index contributed by atoms with van der Waals surface area (Å²) in [5, 5.41) is 12.3. The molecule has 3 unspecified atom stereocenters. The number of aliphatic hydroxyl groups is 1. The lowest BCUT2D eigenvalue weighted by atomic mass is 10.1. The number of hydrogen-bond donors (Lipinski definition) is 2. The van der Waals surface area contributed by atoms with Gasteiger partial charge in [-0.2, -0.15) is 0 Å². The molecular weight excluding hydrogens is 311 g/mol. The molecule has 2 N–H and O–H groups in total. The van der Waals surface area contributed by atoms with Crippen molar-refractivity contribution in [2.45, 2.75) is 38.7 Å². The van der Waals surface area contributed by atoms with Crippen LogP contribution < -0.4 is 10.1 Å². The predicted molar refractivity (Wildman–Crippen MR) is 77.8 cm³/mol. The van der Waals surface area contributed by atoms with Crippen LogP contribution in [0, 0.1) is 11.8 Å². The molecule has 128 valence electrons. The number of aliphatic hydroxyl groups excluding tert-OH is 1. The lowest BCUT2D eigenvalue weighted by Gasteiger charge is -2.15. The fourth-order valence-electron chi connectivity index (χ4n) is 2.40. The molecule has 0 spiro atoms. The topological polar surface area (TPSA) is 58.6 Å². The van der Waals surface area contributed by atoms with Gasteiger partial charge in [0, 0.05) is 12.5 Å². The summed E-state index contributed by atoms with van der Waals surface area (Å²) in [6, 6.07) is 5.87. The van der Waals surface area contributed by atoms with E-state index in [2.05, 4.69) is 10.1 Å². The SMILES string of the molecule is CC(C)C(O)CNC(=O)C1CC1c1ccccc1OC(F)(F)F. The van der Waals surface area contributed by atoms with Gasteiger partial charge < -0.3 is 15.2 Å². The maximum Gasteiger partial charge on any atom is 0.573 e. The van der Waals surface area contributed by atoms with E-state index in [1.54, 1.807) is 12.1 Å². The van der Waals surface area contributed by atoms with Crippen LogP contribution in [0.1, 0.15) is 31.7 Å². The van der Waals surface area contributed by atoms with Crippen LogP contribution in [-0.4, -0.2) is 30.0 Å². The van der Waals surface area contributed by atoms with Gasteiger partial charge in [-0.05, 0) is 29.9 Å². The van der Waals surface area contributed by atoms with Crippen LogP contribution in [0.3, 0.4) is 0 Å². The molecule has 0 heterocycles. The number of amides is 1. The van der Waals surface area contributed by atoms with E-state index in [0.29, 0.717) is 12.0 Å². The van der Waals surface area contributed by atoms with Crippen molar-refractivity contribution in [1.82, 2.24) is 5.32 Å². The van der Waals surface area contributed by atoms with Crippen molar-refractivity contribution < 1.29 is 27.8 Å². The highest BCUT2D eigenvalue weighted by Gasteiger charge is 2.46. The summed E-state index contributed by atoms with van der Waals surface area (Å²) in [5.74, 6) is -1.16. The standard InChI is InChI=1S/C16H20F3NO3/c1-9(2)13(21)8-20-15(22)12-7-11(12)10-5-3-4-6-14(10)23-16(17,18)19/h3-6,9,11-13,21H,7-8H2,1-2H3,(H,20,22). The average Bonchev–Trinajstić information content (AvgIpc) is 3.23. The first-order valence-corrected chi connectivity index (χ1v) is 7.49. The zero-order chi connectivity index (χ0) is 17.2. The Morgan fingerprint density at radius 2 is 2.04 bits per heavy atom. The molecule has 1 amide bonds. The molecule has 23 heavy (non-hydrogen) atoms. The summed E-state index contributed by atoms with van der Waals surface area (Å²) in [5.41, 5.74) is 0.384. The van der Waals surface area contributed by atoms with Crippen LogP contribution >= 0.6 is 0 Å². The van der Waals surface area contributed by atoms with Crippen molar-refractivity contribution in [2.24, 2.45) is 11.8 Å². The van der Waals surface area contributed by atoms with Gasteiger partial charge in [-0.1, -0.05) is 32.0 Å². The number of para-hydroxylation sites is 1. The summed E-state index contributed by atoms with van der Waals surface area (Å²) in [6.07, 6.45) is -4.93. The van der Waals surface area contributed by atoms with Crippen LogP contribution in [0.4, 0.5) is 13.2 Å². The van der Waals surface area contributed by atoms with Gasteiger partial charge in [0.2, 0.25) is 5.91 Å². The first kappa shape index (κ1) is 17.6. The van der Waals surface area contributed by atoms with Crippen molar-refractivity contribution in [3.8, 4) is 5.75 Å². The molecular formula is C16H20F3NO3. The number of carbonyl (C=O) groups excluding carboxylic acids is 1. The van der Waals surface area contributed by atoms with E-state index in [-0.39, 0.29) is 36.0 Å². The summed E-state index contributed by atoms with van der Waals surface area (Å²) in [4.78, 5) is 12.0. The van der Waals surface area contributed by atoms with Gasteiger partial charge in [-0.15, -0.1) is 13.2 Å². The number of nitrogens with one attached hydrogen (secondary N) is 1. The molecule has 0 radical (unpaired) electrons. The second kappa shape index (κ2) is 6.78. The molecule has 2 rings (SSSR count). The fourth-order valence-corrected chi connectivity index (χ4v) is 2.40. The molecule has 3 atom stereocenters. The van der Waals surface area contributed by atoms with Crippen molar-refractivity contribution in [3.63, 3.8) is 0 Å². The van der Waals surface area contributed by atoms with Gasteiger partial charge >= 0.3 is 6.36 Å². The number of hydrogen-bond acceptors (Lipinski definition) is 3. The number of carbonyl (C=O) groups is 1. The Morgan fingerprint density at radius 3 is 2.65 bits per heavy atom. The van der Waals surface area contributed by atoms with Gasteiger partial charge in [-0.3, -0.25) is 4.79 Å². The molecule has 0 bridgehead atoms. The van der Waals surface area contributed by atoms with Gasteiger partial charge in [-0.25, -0.2) is 0 Å². The van der Waals surface area contributed by atoms with E-state index in [1.807, 2.05) is 13.8 Å². The Labute approximate surface area is 132 Å². The van der Waals surface area contributed by atoms with Crippen LogP contribution in [0.25, 0.3) is 0 Å². The molecule has 1 aliphatic carbocycles. The number of halogens is 3. The van der Waals surface area contributed by atoms with Gasteiger partial charge in [0.15, 0.2) is 0 Å². The number of alkyl halides is 3. The zero-order valence-corrected chi connectivity index (χ0v) is 12.9. The maximum atomic E-state index is 12.4. The number of benzene rings is 1. The van der Waals surface area contributed by atoms with Crippen LogP contribution in [0.5, 0.6) is 5.75 Å². The molecule has 1 aliphatic rings. The van der Waals surface area contributed by atoms with Gasteiger partial charge in [0.05, 0.1) is 6.10 Å². The molecule has 7 heteroatoms. The minimum Gasteiger partial charge on any atom is -0.405 e. The molecule has 1 saturated carbocycles. The van der Waals surface area contributed by atoms with E-state index in [9.17, 15) is 23.1 Å². The Kier molecular flexibility index (Phi) is 5.19. The van der Waals surface area contributed by atoms with Crippen LogP contribution in [0.2, 0.25) is 0 Å². The molecule has 0 aromatic heterocycles. The summed E-state index contributed by atoms with van der Waals surface area (Å²) in [6.45, 7) is 3.81. The highest BCUT2D eigenvalue weighted by molar-refractivity contribution is 5.83. The monoisotopic (exact) mass is 331 g/mol. The van der Waals surface area contributed by atoms with Crippen molar-refractivity contribution >= 4 is 5.91 Å². The Morgan fingerprint density at radius 1 is 1.39 bits per heavy atom. The van der Waals surface area contributed by atoms with E-state index >= 15 is 0 Å². The fraction of sp³-hybridized carbons (Fsp3) is 0.562. The zero-order valence-electron chi connectivity index (χ0n) is 12.9. The quantitative estimate of drug-likeness (QED) is 0.843. The first-order valence-electron chi connectivity index (χ1n) is 7.49. The third-order valence-corrected chi connectivity index (χ3v) is 3.93. The van der Waals surface area contributed by atoms with Gasteiger partial charge in [0.25, 0.3) is 0 Å². The summed E-state index contributed by atoms with van der Waals surface area (Å²) >= 11 is 0. The van der Waals surface area contributed by atoms with E-state index in [1.165, 1.54) is 12.1 Å². The minimum atomic E-state index is -4.76. The smallest absolute Gasteiger partial charge is 0.405 e. The Balaban J connectivity index is 1.97. The first-order chi connectivity index (χ1) is 10.7. The molecule has 4 nitrogen and oxygen atoms in total. The third kappa shape index (κ3) is 4.86. The average molecular weight is 331 g/mol. The molecule has 0 saturated heterocycles. The highest BCUT2D eigenvalue weighted by atomic mass is 19.4. The van der Waals surface area contributed by atoms with E-state index in [4.69, 9.17) is 0 Å². The van der Waals surface area contributed by atoms with Crippen molar-refractivity contribution in [3.05, 3.63) is 29.8 Å². The molecule has 1 fully saturated rings. The lowest BCUT2D eigenvalue weighted by molar-refractivity contribution is -0.274. The maximum absolute atomic E-state index is 12.4.